The Morgan fingerprint density at radius 1 is 1.53 bits per heavy atom. The third-order valence-electron chi connectivity index (χ3n) is 1.64. The first-order valence-electron chi connectivity index (χ1n) is 3.89. The highest BCUT2D eigenvalue weighted by atomic mass is 35.5. The van der Waals surface area contributed by atoms with Crippen LogP contribution in [0, 0.1) is 6.92 Å². The highest BCUT2D eigenvalue weighted by molar-refractivity contribution is 6.30. The Labute approximate surface area is 89.2 Å². The van der Waals surface area contributed by atoms with Crippen LogP contribution >= 0.6 is 11.6 Å². The van der Waals surface area contributed by atoms with Crippen molar-refractivity contribution in [3.63, 3.8) is 0 Å². The van der Waals surface area contributed by atoms with Gasteiger partial charge in [0.15, 0.2) is 0 Å². The number of rotatable bonds is 3. The molecule has 0 heterocycles. The van der Waals surface area contributed by atoms with E-state index >= 15 is 0 Å². The highest BCUT2D eigenvalue weighted by Gasteiger charge is 2.42. The lowest BCUT2D eigenvalue weighted by atomic mass is 10.2. The predicted octanol–water partition coefficient (Wildman–Crippen LogP) is 2.70. The summed E-state index contributed by atoms with van der Waals surface area (Å²) in [6, 6.07) is 4.08. The van der Waals surface area contributed by atoms with Gasteiger partial charge in [0.1, 0.15) is 5.75 Å². The predicted molar refractivity (Wildman–Crippen MR) is 49.4 cm³/mol. The Morgan fingerprint density at radius 3 is 2.67 bits per heavy atom. The molecule has 0 saturated heterocycles. The topological polar surface area (TPSA) is 46.5 Å². The molecule has 6 heteroatoms. The van der Waals surface area contributed by atoms with Gasteiger partial charge in [-0.25, -0.2) is 4.79 Å². The molecule has 0 unspecified atom stereocenters. The quantitative estimate of drug-likeness (QED) is 0.878. The van der Waals surface area contributed by atoms with Crippen molar-refractivity contribution >= 4 is 17.6 Å². The van der Waals surface area contributed by atoms with E-state index < -0.39 is 12.1 Å². The van der Waals surface area contributed by atoms with Crippen LogP contribution in [0.3, 0.4) is 0 Å². The summed E-state index contributed by atoms with van der Waals surface area (Å²) in [5.41, 5.74) is 0.375. The van der Waals surface area contributed by atoms with Gasteiger partial charge < -0.3 is 9.84 Å². The SMILES string of the molecule is Cc1ccc(Cl)cc1OC(F)(F)C(=O)O. The van der Waals surface area contributed by atoms with E-state index in [1.165, 1.54) is 19.1 Å². The molecule has 15 heavy (non-hydrogen) atoms. The molecule has 0 aliphatic rings. The molecule has 1 aromatic carbocycles. The fourth-order valence-electron chi connectivity index (χ4n) is 0.866. The van der Waals surface area contributed by atoms with Crippen LogP contribution in [0.25, 0.3) is 0 Å². The van der Waals surface area contributed by atoms with E-state index in [0.29, 0.717) is 5.56 Å². The Bertz CT molecular complexity index is 393. The van der Waals surface area contributed by atoms with Gasteiger partial charge in [-0.3, -0.25) is 0 Å². The third-order valence-corrected chi connectivity index (χ3v) is 1.87. The smallest absolute Gasteiger partial charge is 0.474 e. The van der Waals surface area contributed by atoms with Crippen LogP contribution in [-0.2, 0) is 4.79 Å². The second kappa shape index (κ2) is 4.02. The number of hydrogen-bond acceptors (Lipinski definition) is 2. The molecule has 0 radical (unpaired) electrons. The summed E-state index contributed by atoms with van der Waals surface area (Å²) in [5.74, 6) is -2.60. The van der Waals surface area contributed by atoms with E-state index in [2.05, 4.69) is 4.74 Å². The summed E-state index contributed by atoms with van der Waals surface area (Å²) >= 11 is 5.55. The van der Waals surface area contributed by atoms with E-state index in [9.17, 15) is 13.6 Å². The summed E-state index contributed by atoms with van der Waals surface area (Å²) < 4.78 is 29.4. The number of carbonyl (C=O) groups is 1. The molecule has 1 rings (SSSR count). The van der Waals surface area contributed by atoms with E-state index in [1.54, 1.807) is 0 Å². The molecule has 0 fully saturated rings. The van der Waals surface area contributed by atoms with E-state index in [0.717, 1.165) is 6.07 Å². The first-order chi connectivity index (χ1) is 6.83. The van der Waals surface area contributed by atoms with Crippen LogP contribution in [0.1, 0.15) is 5.56 Å². The maximum atomic E-state index is 12.7. The summed E-state index contributed by atoms with van der Waals surface area (Å²) in [5, 5.41) is 8.35. The molecule has 0 amide bonds. The van der Waals surface area contributed by atoms with Gasteiger partial charge in [0.2, 0.25) is 0 Å². The zero-order valence-corrected chi connectivity index (χ0v) is 8.39. The maximum Gasteiger partial charge on any atom is 0.501 e. The molecule has 0 aromatic heterocycles. The van der Waals surface area contributed by atoms with E-state index in [1.807, 2.05) is 0 Å². The molecular weight excluding hydrogens is 230 g/mol. The minimum atomic E-state index is -4.25. The molecule has 0 saturated carbocycles. The van der Waals surface area contributed by atoms with Crippen LogP contribution in [0.15, 0.2) is 18.2 Å². The molecule has 82 valence electrons. The fraction of sp³-hybridized carbons (Fsp3) is 0.222. The summed E-state index contributed by atoms with van der Waals surface area (Å²) in [4.78, 5) is 10.1. The Morgan fingerprint density at radius 2 is 2.13 bits per heavy atom. The van der Waals surface area contributed by atoms with E-state index in [4.69, 9.17) is 16.7 Å². The van der Waals surface area contributed by atoms with Crippen molar-refractivity contribution in [1.82, 2.24) is 0 Å². The first kappa shape index (κ1) is 11.7. The number of aryl methyl sites for hydroxylation is 1. The van der Waals surface area contributed by atoms with Crippen molar-refractivity contribution < 1.29 is 23.4 Å². The number of ether oxygens (including phenoxy) is 1. The number of carboxylic acids is 1. The lowest BCUT2D eigenvalue weighted by Crippen LogP contribution is -2.35. The van der Waals surface area contributed by atoms with Gasteiger partial charge in [-0.1, -0.05) is 17.7 Å². The van der Waals surface area contributed by atoms with Crippen LogP contribution < -0.4 is 4.74 Å². The van der Waals surface area contributed by atoms with Crippen LogP contribution in [-0.4, -0.2) is 17.2 Å². The van der Waals surface area contributed by atoms with Crippen LogP contribution in [0.4, 0.5) is 8.78 Å². The average molecular weight is 237 g/mol. The largest absolute Gasteiger partial charge is 0.501 e. The monoisotopic (exact) mass is 236 g/mol. The summed E-state index contributed by atoms with van der Waals surface area (Å²) in [7, 11) is 0. The maximum absolute atomic E-state index is 12.7. The van der Waals surface area contributed by atoms with Gasteiger partial charge in [0.05, 0.1) is 0 Å². The lowest BCUT2D eigenvalue weighted by molar-refractivity contribution is -0.211. The molecule has 0 aliphatic carbocycles. The second-order valence-electron chi connectivity index (χ2n) is 2.83. The Hall–Kier alpha value is -1.36. The molecule has 0 aliphatic heterocycles. The zero-order valence-electron chi connectivity index (χ0n) is 7.63. The van der Waals surface area contributed by atoms with Crippen LogP contribution in [0.5, 0.6) is 5.75 Å². The number of benzene rings is 1. The summed E-state index contributed by atoms with van der Waals surface area (Å²) in [6.07, 6.45) is -4.25. The van der Waals surface area contributed by atoms with Gasteiger partial charge in [-0.2, -0.15) is 8.78 Å². The van der Waals surface area contributed by atoms with Crippen molar-refractivity contribution in [3.8, 4) is 5.75 Å². The number of carboxylic acid groups (broad SMARTS) is 1. The second-order valence-corrected chi connectivity index (χ2v) is 3.27. The van der Waals surface area contributed by atoms with E-state index in [-0.39, 0.29) is 10.8 Å². The minimum Gasteiger partial charge on any atom is -0.474 e. The molecule has 0 atom stereocenters. The summed E-state index contributed by atoms with van der Waals surface area (Å²) in [6.45, 7) is 1.50. The van der Waals surface area contributed by atoms with Crippen molar-refractivity contribution in [1.29, 1.82) is 0 Å². The molecule has 3 nitrogen and oxygen atoms in total. The van der Waals surface area contributed by atoms with Gasteiger partial charge in [-0.05, 0) is 24.6 Å². The zero-order chi connectivity index (χ0) is 11.6. The number of halogens is 3. The number of aliphatic carboxylic acids is 1. The first-order valence-corrected chi connectivity index (χ1v) is 4.27. The number of alkyl halides is 2. The van der Waals surface area contributed by atoms with Gasteiger partial charge in [0, 0.05) is 5.02 Å². The minimum absolute atomic E-state index is 0.191. The molecule has 0 bridgehead atoms. The van der Waals surface area contributed by atoms with Gasteiger partial charge in [-0.15, -0.1) is 0 Å². The molecule has 0 spiro atoms. The fourth-order valence-corrected chi connectivity index (χ4v) is 1.03. The average Bonchev–Trinajstić information content (AvgIpc) is 2.10. The lowest BCUT2D eigenvalue weighted by Gasteiger charge is -2.14. The van der Waals surface area contributed by atoms with Crippen molar-refractivity contribution in [3.05, 3.63) is 28.8 Å². The van der Waals surface area contributed by atoms with Crippen LogP contribution in [0.2, 0.25) is 5.02 Å². The Kier molecular flexibility index (Phi) is 3.14. The molecular formula is C9H7ClF2O3. The van der Waals surface area contributed by atoms with Crippen molar-refractivity contribution in [2.24, 2.45) is 0 Å². The molecule has 1 N–H and O–H groups in total. The third kappa shape index (κ3) is 2.79. The number of hydrogen-bond donors (Lipinski definition) is 1. The standard InChI is InChI=1S/C9H7ClF2O3/c1-5-2-3-6(10)4-7(5)15-9(11,12)8(13)14/h2-4H,1H3,(H,13,14). The van der Waals surface area contributed by atoms with Crippen molar-refractivity contribution in [2.75, 3.05) is 0 Å². The van der Waals surface area contributed by atoms with Gasteiger partial charge in [0.25, 0.3) is 0 Å². The van der Waals surface area contributed by atoms with Crippen molar-refractivity contribution in [2.45, 2.75) is 13.0 Å². The van der Waals surface area contributed by atoms with Gasteiger partial charge >= 0.3 is 12.1 Å². The normalized spacial score (nSPS) is 11.2. The Balaban J connectivity index is 2.99. The molecule has 1 aromatic rings. The highest BCUT2D eigenvalue weighted by Crippen LogP contribution is 2.27.